The van der Waals surface area contributed by atoms with Crippen molar-refractivity contribution in [2.45, 2.75) is 12.8 Å². The summed E-state index contributed by atoms with van der Waals surface area (Å²) in [6.07, 6.45) is 1.95. The van der Waals surface area contributed by atoms with Gasteiger partial charge in [-0.2, -0.15) is 0 Å². The van der Waals surface area contributed by atoms with E-state index in [1.165, 1.54) is 12.1 Å². The standard InChI is InChI=1S/C12H15FN4O2/c13-8-3-4-10(9(7-8)11(14)16-19)15-12(18)17-5-1-2-6-17/h3-4,7,19H,1-2,5-6H2,(H2,14,16)(H,15,18). The molecule has 1 aliphatic rings. The molecule has 6 nitrogen and oxygen atoms in total. The van der Waals surface area contributed by atoms with Gasteiger partial charge in [-0.25, -0.2) is 9.18 Å². The van der Waals surface area contributed by atoms with Crippen LogP contribution in [0.15, 0.2) is 23.4 Å². The molecule has 0 radical (unpaired) electrons. The van der Waals surface area contributed by atoms with Crippen LogP contribution in [-0.2, 0) is 0 Å². The summed E-state index contributed by atoms with van der Waals surface area (Å²) < 4.78 is 13.2. The number of carbonyl (C=O) groups excluding carboxylic acids is 1. The number of amides is 2. The van der Waals surface area contributed by atoms with Gasteiger partial charge in [0, 0.05) is 18.7 Å². The third kappa shape index (κ3) is 2.93. The van der Waals surface area contributed by atoms with Gasteiger partial charge in [0.15, 0.2) is 5.84 Å². The predicted octanol–water partition coefficient (Wildman–Crippen LogP) is 1.55. The molecular weight excluding hydrogens is 251 g/mol. The molecule has 1 aliphatic heterocycles. The lowest BCUT2D eigenvalue weighted by Gasteiger charge is -2.17. The van der Waals surface area contributed by atoms with Gasteiger partial charge in [0.2, 0.25) is 0 Å². The van der Waals surface area contributed by atoms with E-state index in [4.69, 9.17) is 10.9 Å². The minimum Gasteiger partial charge on any atom is -0.409 e. The molecule has 0 aliphatic carbocycles. The molecule has 2 amide bonds. The molecule has 2 rings (SSSR count). The van der Waals surface area contributed by atoms with E-state index in [2.05, 4.69) is 10.5 Å². The summed E-state index contributed by atoms with van der Waals surface area (Å²) in [7, 11) is 0. The van der Waals surface area contributed by atoms with Crippen LogP contribution in [0.2, 0.25) is 0 Å². The molecular formula is C12H15FN4O2. The average molecular weight is 266 g/mol. The highest BCUT2D eigenvalue weighted by Gasteiger charge is 2.19. The molecule has 1 aromatic rings. The third-order valence-corrected chi connectivity index (χ3v) is 3.00. The van der Waals surface area contributed by atoms with Crippen LogP contribution in [0, 0.1) is 5.82 Å². The van der Waals surface area contributed by atoms with Crippen LogP contribution >= 0.6 is 0 Å². The Morgan fingerprint density at radius 2 is 2.11 bits per heavy atom. The van der Waals surface area contributed by atoms with Crippen LogP contribution in [0.1, 0.15) is 18.4 Å². The van der Waals surface area contributed by atoms with E-state index in [-0.39, 0.29) is 17.4 Å². The lowest BCUT2D eigenvalue weighted by atomic mass is 10.1. The second-order valence-corrected chi connectivity index (χ2v) is 4.30. The van der Waals surface area contributed by atoms with Crippen LogP contribution in [-0.4, -0.2) is 35.1 Å². The van der Waals surface area contributed by atoms with Gasteiger partial charge in [-0.1, -0.05) is 5.16 Å². The molecule has 0 unspecified atom stereocenters. The molecule has 7 heteroatoms. The van der Waals surface area contributed by atoms with E-state index in [0.29, 0.717) is 18.8 Å². The molecule has 4 N–H and O–H groups in total. The largest absolute Gasteiger partial charge is 0.409 e. The van der Waals surface area contributed by atoms with Crippen LogP contribution in [0.4, 0.5) is 14.9 Å². The van der Waals surface area contributed by atoms with Crippen molar-refractivity contribution in [2.24, 2.45) is 10.9 Å². The maximum atomic E-state index is 13.2. The zero-order valence-electron chi connectivity index (χ0n) is 10.3. The Balaban J connectivity index is 2.21. The number of amidine groups is 1. The summed E-state index contributed by atoms with van der Waals surface area (Å²) in [6.45, 7) is 1.40. The van der Waals surface area contributed by atoms with Gasteiger partial charge >= 0.3 is 6.03 Å². The first-order valence-corrected chi connectivity index (χ1v) is 5.95. The number of anilines is 1. The molecule has 1 aromatic carbocycles. The van der Waals surface area contributed by atoms with Gasteiger partial charge < -0.3 is 21.2 Å². The average Bonchev–Trinajstić information content (AvgIpc) is 2.94. The number of nitrogens with one attached hydrogen (secondary N) is 1. The van der Waals surface area contributed by atoms with Crippen molar-refractivity contribution in [2.75, 3.05) is 18.4 Å². The van der Waals surface area contributed by atoms with Crippen molar-refractivity contribution >= 4 is 17.6 Å². The summed E-state index contributed by atoms with van der Waals surface area (Å²) >= 11 is 0. The molecule has 1 fully saturated rings. The number of hydrogen-bond donors (Lipinski definition) is 3. The van der Waals surface area contributed by atoms with E-state index in [0.717, 1.165) is 18.9 Å². The quantitative estimate of drug-likeness (QED) is 0.328. The Bertz CT molecular complexity index is 512. The second kappa shape index (κ2) is 5.55. The van der Waals surface area contributed by atoms with Crippen molar-refractivity contribution in [3.63, 3.8) is 0 Å². The van der Waals surface area contributed by atoms with Gasteiger partial charge in [-0.3, -0.25) is 0 Å². The summed E-state index contributed by atoms with van der Waals surface area (Å²) in [4.78, 5) is 13.6. The topological polar surface area (TPSA) is 91.0 Å². The second-order valence-electron chi connectivity index (χ2n) is 4.30. The van der Waals surface area contributed by atoms with Gasteiger partial charge in [0.25, 0.3) is 0 Å². The van der Waals surface area contributed by atoms with Crippen LogP contribution in [0.3, 0.4) is 0 Å². The molecule has 0 spiro atoms. The lowest BCUT2D eigenvalue weighted by molar-refractivity contribution is 0.222. The first-order valence-electron chi connectivity index (χ1n) is 5.95. The molecule has 0 bridgehead atoms. The third-order valence-electron chi connectivity index (χ3n) is 3.00. The first-order chi connectivity index (χ1) is 9.11. The number of carbonyl (C=O) groups is 1. The summed E-state index contributed by atoms with van der Waals surface area (Å²) in [5.41, 5.74) is 5.92. The van der Waals surface area contributed by atoms with Gasteiger partial charge in [-0.15, -0.1) is 0 Å². The highest BCUT2D eigenvalue weighted by Crippen LogP contribution is 2.18. The Hall–Kier alpha value is -2.31. The number of urea groups is 1. The van der Waals surface area contributed by atoms with Gasteiger partial charge in [0.1, 0.15) is 5.82 Å². The van der Waals surface area contributed by atoms with E-state index in [1.54, 1.807) is 4.90 Å². The summed E-state index contributed by atoms with van der Waals surface area (Å²) in [6, 6.07) is 3.43. The number of hydrogen-bond acceptors (Lipinski definition) is 3. The van der Waals surface area contributed by atoms with Crippen LogP contribution in [0.5, 0.6) is 0 Å². The fourth-order valence-electron chi connectivity index (χ4n) is 2.01. The predicted molar refractivity (Wildman–Crippen MR) is 68.7 cm³/mol. The van der Waals surface area contributed by atoms with E-state index in [1.807, 2.05) is 0 Å². The van der Waals surface area contributed by atoms with Crippen molar-refractivity contribution in [1.29, 1.82) is 0 Å². The SMILES string of the molecule is N/C(=N/O)c1cc(F)ccc1NC(=O)N1CCCC1. The summed E-state index contributed by atoms with van der Waals surface area (Å²) in [5, 5.41) is 14.1. The molecule has 0 atom stereocenters. The Kier molecular flexibility index (Phi) is 3.84. The van der Waals surface area contributed by atoms with E-state index in [9.17, 15) is 9.18 Å². The number of rotatable bonds is 2. The molecule has 102 valence electrons. The molecule has 0 saturated carbocycles. The normalized spacial score (nSPS) is 15.6. The maximum Gasteiger partial charge on any atom is 0.321 e. The van der Waals surface area contributed by atoms with Crippen molar-refractivity contribution in [3.8, 4) is 0 Å². The molecule has 0 aromatic heterocycles. The summed E-state index contributed by atoms with van der Waals surface area (Å²) in [5.74, 6) is -0.781. The smallest absolute Gasteiger partial charge is 0.321 e. The van der Waals surface area contributed by atoms with Gasteiger partial charge in [-0.05, 0) is 31.0 Å². The zero-order valence-corrected chi connectivity index (χ0v) is 10.3. The van der Waals surface area contributed by atoms with Crippen LogP contribution in [0.25, 0.3) is 0 Å². The number of likely N-dealkylation sites (tertiary alicyclic amines) is 1. The monoisotopic (exact) mass is 266 g/mol. The Morgan fingerprint density at radius 1 is 1.42 bits per heavy atom. The Morgan fingerprint density at radius 3 is 2.74 bits per heavy atom. The van der Waals surface area contributed by atoms with E-state index < -0.39 is 5.82 Å². The van der Waals surface area contributed by atoms with Crippen molar-refractivity contribution in [1.82, 2.24) is 4.90 Å². The first kappa shape index (κ1) is 13.1. The van der Waals surface area contributed by atoms with E-state index >= 15 is 0 Å². The van der Waals surface area contributed by atoms with Crippen LogP contribution < -0.4 is 11.1 Å². The molecule has 19 heavy (non-hydrogen) atoms. The molecule has 1 saturated heterocycles. The number of oxime groups is 1. The fourth-order valence-corrected chi connectivity index (χ4v) is 2.01. The zero-order chi connectivity index (χ0) is 13.8. The highest BCUT2D eigenvalue weighted by molar-refractivity contribution is 6.05. The number of benzene rings is 1. The number of halogens is 1. The van der Waals surface area contributed by atoms with Crippen molar-refractivity contribution in [3.05, 3.63) is 29.6 Å². The minimum absolute atomic E-state index is 0.148. The number of nitrogens with two attached hydrogens (primary N) is 1. The fraction of sp³-hybridized carbons (Fsp3) is 0.333. The van der Waals surface area contributed by atoms with Gasteiger partial charge in [0.05, 0.1) is 5.69 Å². The molecule has 1 heterocycles. The Labute approximate surface area is 109 Å². The van der Waals surface area contributed by atoms with Crippen molar-refractivity contribution < 1.29 is 14.4 Å². The lowest BCUT2D eigenvalue weighted by Crippen LogP contribution is -2.33. The number of nitrogens with zero attached hydrogens (tertiary/aromatic N) is 2. The maximum absolute atomic E-state index is 13.2. The highest BCUT2D eigenvalue weighted by atomic mass is 19.1. The minimum atomic E-state index is -0.527.